The average Bonchev–Trinajstić information content (AvgIpc) is 2.57. The summed E-state index contributed by atoms with van der Waals surface area (Å²) in [7, 11) is 0. The molecule has 0 saturated carbocycles. The molecule has 1 fully saturated rings. The van der Waals surface area contributed by atoms with Gasteiger partial charge in [-0.2, -0.15) is 0 Å². The highest BCUT2D eigenvalue weighted by atomic mass is 35.5. The Balaban J connectivity index is 2.32. The summed E-state index contributed by atoms with van der Waals surface area (Å²) in [6.07, 6.45) is 0.355. The van der Waals surface area contributed by atoms with Crippen molar-refractivity contribution in [1.82, 2.24) is 4.90 Å². The van der Waals surface area contributed by atoms with Gasteiger partial charge in [0.2, 0.25) is 0 Å². The standard InChI is InChI=1S/C13H13ClFNO2/c1-13(2)11(17)5-6-16(13)12(18)8-3-4-10(15)9(14)7-8/h3-4,7H,5-6H2,1-2H3. The van der Waals surface area contributed by atoms with Gasteiger partial charge < -0.3 is 4.90 Å². The second-order valence-corrected chi connectivity index (χ2v) is 5.23. The van der Waals surface area contributed by atoms with Crippen LogP contribution in [0.5, 0.6) is 0 Å². The van der Waals surface area contributed by atoms with Gasteiger partial charge in [0, 0.05) is 18.5 Å². The van der Waals surface area contributed by atoms with E-state index in [1.54, 1.807) is 13.8 Å². The number of carbonyl (C=O) groups is 2. The SMILES string of the molecule is CC1(C)C(=O)CCN1C(=O)c1ccc(F)c(Cl)c1. The van der Waals surface area contributed by atoms with Gasteiger partial charge >= 0.3 is 0 Å². The number of halogens is 2. The zero-order chi connectivity index (χ0) is 13.5. The molecule has 5 heteroatoms. The molecule has 0 spiro atoms. The monoisotopic (exact) mass is 269 g/mol. The molecule has 1 aliphatic rings. The Morgan fingerprint density at radius 2 is 2.11 bits per heavy atom. The average molecular weight is 270 g/mol. The highest BCUT2D eigenvalue weighted by Crippen LogP contribution is 2.27. The fourth-order valence-electron chi connectivity index (χ4n) is 2.09. The first kappa shape index (κ1) is 13.0. The van der Waals surface area contributed by atoms with Crippen LogP contribution in [-0.2, 0) is 4.79 Å². The van der Waals surface area contributed by atoms with Crippen LogP contribution in [0.3, 0.4) is 0 Å². The molecule has 1 heterocycles. The highest BCUT2D eigenvalue weighted by molar-refractivity contribution is 6.31. The van der Waals surface area contributed by atoms with Crippen molar-refractivity contribution >= 4 is 23.3 Å². The molecular weight excluding hydrogens is 257 g/mol. The van der Waals surface area contributed by atoms with Gasteiger partial charge in [0.05, 0.1) is 10.6 Å². The molecule has 18 heavy (non-hydrogen) atoms. The predicted molar refractivity (Wildman–Crippen MR) is 66.1 cm³/mol. The van der Waals surface area contributed by atoms with E-state index in [0.717, 1.165) is 6.07 Å². The Morgan fingerprint density at radius 3 is 2.61 bits per heavy atom. The van der Waals surface area contributed by atoms with Crippen LogP contribution in [0.4, 0.5) is 4.39 Å². The fourth-order valence-corrected chi connectivity index (χ4v) is 2.27. The van der Waals surface area contributed by atoms with Crippen molar-refractivity contribution < 1.29 is 14.0 Å². The number of rotatable bonds is 1. The number of amides is 1. The van der Waals surface area contributed by atoms with E-state index in [-0.39, 0.29) is 16.7 Å². The molecule has 0 aliphatic carbocycles. The number of hydrogen-bond acceptors (Lipinski definition) is 2. The van der Waals surface area contributed by atoms with E-state index >= 15 is 0 Å². The molecular formula is C13H13ClFNO2. The summed E-state index contributed by atoms with van der Waals surface area (Å²) in [6, 6.07) is 3.82. The first-order valence-corrected chi connectivity index (χ1v) is 6.02. The van der Waals surface area contributed by atoms with Crippen LogP contribution in [0.2, 0.25) is 5.02 Å². The molecule has 3 nitrogen and oxygen atoms in total. The first-order valence-electron chi connectivity index (χ1n) is 5.64. The van der Waals surface area contributed by atoms with Crippen molar-refractivity contribution in [2.75, 3.05) is 6.54 Å². The minimum absolute atomic E-state index is 0.0315. The minimum atomic E-state index is -0.808. The van der Waals surface area contributed by atoms with E-state index in [4.69, 9.17) is 11.6 Å². The third kappa shape index (κ3) is 2.01. The molecule has 0 aromatic heterocycles. The van der Waals surface area contributed by atoms with Crippen molar-refractivity contribution in [3.63, 3.8) is 0 Å². The lowest BCUT2D eigenvalue weighted by Crippen LogP contribution is -2.46. The highest BCUT2D eigenvalue weighted by Gasteiger charge is 2.42. The van der Waals surface area contributed by atoms with Gasteiger partial charge in [-0.25, -0.2) is 4.39 Å². The number of carbonyl (C=O) groups excluding carboxylic acids is 2. The molecule has 1 aromatic carbocycles. The Morgan fingerprint density at radius 1 is 1.44 bits per heavy atom. The number of nitrogens with zero attached hydrogens (tertiary/aromatic N) is 1. The number of benzene rings is 1. The van der Waals surface area contributed by atoms with Gasteiger partial charge in [-0.15, -0.1) is 0 Å². The van der Waals surface area contributed by atoms with Gasteiger partial charge in [0.15, 0.2) is 5.78 Å². The summed E-state index contributed by atoms with van der Waals surface area (Å²) in [5.74, 6) is -0.832. The minimum Gasteiger partial charge on any atom is -0.326 e. The zero-order valence-electron chi connectivity index (χ0n) is 10.2. The Labute approximate surface area is 110 Å². The Bertz CT molecular complexity index is 528. The molecule has 96 valence electrons. The lowest BCUT2D eigenvalue weighted by atomic mass is 10.00. The second-order valence-electron chi connectivity index (χ2n) is 4.82. The lowest BCUT2D eigenvalue weighted by Gasteiger charge is -2.30. The van der Waals surface area contributed by atoms with Crippen molar-refractivity contribution in [1.29, 1.82) is 0 Å². The van der Waals surface area contributed by atoms with Crippen molar-refractivity contribution in [3.05, 3.63) is 34.6 Å². The predicted octanol–water partition coefficient (Wildman–Crippen LogP) is 2.67. The van der Waals surface area contributed by atoms with Crippen LogP contribution in [-0.4, -0.2) is 28.7 Å². The van der Waals surface area contributed by atoms with Gasteiger partial charge in [0.25, 0.3) is 5.91 Å². The molecule has 0 radical (unpaired) electrons. The quantitative estimate of drug-likeness (QED) is 0.786. The van der Waals surface area contributed by atoms with E-state index in [0.29, 0.717) is 18.5 Å². The van der Waals surface area contributed by atoms with Crippen LogP contribution in [0.25, 0.3) is 0 Å². The molecule has 0 unspecified atom stereocenters. The maximum Gasteiger partial charge on any atom is 0.254 e. The molecule has 2 rings (SSSR count). The van der Waals surface area contributed by atoms with E-state index in [2.05, 4.69) is 0 Å². The van der Waals surface area contributed by atoms with Crippen molar-refractivity contribution in [2.45, 2.75) is 25.8 Å². The third-order valence-electron chi connectivity index (χ3n) is 3.33. The summed E-state index contributed by atoms with van der Waals surface area (Å²) >= 11 is 5.65. The fraction of sp³-hybridized carbons (Fsp3) is 0.385. The summed E-state index contributed by atoms with van der Waals surface area (Å²) in [5, 5.41) is -0.0934. The number of ketones is 1. The largest absolute Gasteiger partial charge is 0.326 e. The summed E-state index contributed by atoms with van der Waals surface area (Å²) in [5.41, 5.74) is -0.512. The van der Waals surface area contributed by atoms with Gasteiger partial charge in [-0.05, 0) is 32.0 Å². The molecule has 0 atom stereocenters. The molecule has 1 saturated heterocycles. The topological polar surface area (TPSA) is 37.4 Å². The number of likely N-dealkylation sites (tertiary alicyclic amines) is 1. The second kappa shape index (κ2) is 4.35. The number of hydrogen-bond donors (Lipinski definition) is 0. The van der Waals surface area contributed by atoms with Crippen molar-refractivity contribution in [3.8, 4) is 0 Å². The molecule has 1 amide bonds. The van der Waals surface area contributed by atoms with Crippen LogP contribution < -0.4 is 0 Å². The molecule has 1 aliphatic heterocycles. The van der Waals surface area contributed by atoms with Crippen LogP contribution in [0.1, 0.15) is 30.6 Å². The van der Waals surface area contributed by atoms with Gasteiger partial charge in [-0.3, -0.25) is 9.59 Å². The third-order valence-corrected chi connectivity index (χ3v) is 3.62. The first-order chi connectivity index (χ1) is 8.34. The van der Waals surface area contributed by atoms with Gasteiger partial charge in [0.1, 0.15) is 5.82 Å². The lowest BCUT2D eigenvalue weighted by molar-refractivity contribution is -0.123. The maximum atomic E-state index is 13.0. The summed E-state index contributed by atoms with van der Waals surface area (Å²) < 4.78 is 13.0. The number of Topliss-reactive ketones (excluding diaryl/α,β-unsaturated/α-hetero) is 1. The normalized spacial score (nSPS) is 18.2. The van der Waals surface area contributed by atoms with Gasteiger partial charge in [-0.1, -0.05) is 11.6 Å². The zero-order valence-corrected chi connectivity index (χ0v) is 10.9. The molecule has 0 bridgehead atoms. The van der Waals surface area contributed by atoms with E-state index in [1.807, 2.05) is 0 Å². The smallest absolute Gasteiger partial charge is 0.254 e. The Hall–Kier alpha value is -1.42. The van der Waals surface area contributed by atoms with Crippen LogP contribution in [0.15, 0.2) is 18.2 Å². The Kier molecular flexibility index (Phi) is 3.15. The molecule has 0 N–H and O–H groups in total. The summed E-state index contributed by atoms with van der Waals surface area (Å²) in [6.45, 7) is 3.82. The molecule has 1 aromatic rings. The maximum absolute atomic E-state index is 13.0. The van der Waals surface area contributed by atoms with Crippen LogP contribution >= 0.6 is 11.6 Å². The van der Waals surface area contributed by atoms with E-state index < -0.39 is 11.4 Å². The van der Waals surface area contributed by atoms with E-state index in [1.165, 1.54) is 17.0 Å². The van der Waals surface area contributed by atoms with Crippen molar-refractivity contribution in [2.24, 2.45) is 0 Å². The van der Waals surface area contributed by atoms with Crippen LogP contribution in [0, 0.1) is 5.82 Å². The summed E-state index contributed by atoms with van der Waals surface area (Å²) in [4.78, 5) is 25.4. The van der Waals surface area contributed by atoms with E-state index in [9.17, 15) is 14.0 Å².